The second-order valence-electron chi connectivity index (χ2n) is 5.93. The fourth-order valence-corrected chi connectivity index (χ4v) is 3.09. The zero-order valence-corrected chi connectivity index (χ0v) is 12.4. The molecule has 2 aromatic heterocycles. The van der Waals surface area contributed by atoms with Crippen molar-refractivity contribution in [2.45, 2.75) is 33.2 Å². The molecule has 0 spiro atoms. The van der Waals surface area contributed by atoms with E-state index in [0.717, 1.165) is 48.9 Å². The van der Waals surface area contributed by atoms with Gasteiger partial charge in [-0.05, 0) is 38.8 Å². The molecule has 2 aromatic rings. The van der Waals surface area contributed by atoms with Crippen LogP contribution in [-0.4, -0.2) is 43.4 Å². The smallest absolute Gasteiger partial charge is 0.303 e. The quantitative estimate of drug-likeness (QED) is 0.926. The summed E-state index contributed by atoms with van der Waals surface area (Å²) in [5.74, 6) is 0.301. The van der Waals surface area contributed by atoms with E-state index in [-0.39, 0.29) is 12.3 Å². The summed E-state index contributed by atoms with van der Waals surface area (Å²) in [6, 6.07) is 2.04. The van der Waals surface area contributed by atoms with E-state index in [9.17, 15) is 4.79 Å². The van der Waals surface area contributed by atoms with Gasteiger partial charge in [-0.3, -0.25) is 14.1 Å². The van der Waals surface area contributed by atoms with Crippen LogP contribution in [0.2, 0.25) is 0 Å². The summed E-state index contributed by atoms with van der Waals surface area (Å²) in [4.78, 5) is 22.1. The van der Waals surface area contributed by atoms with Gasteiger partial charge in [-0.2, -0.15) is 0 Å². The zero-order valence-electron chi connectivity index (χ0n) is 12.4. The highest BCUT2D eigenvalue weighted by molar-refractivity contribution is 5.67. The average Bonchev–Trinajstić information content (AvgIpc) is 2.96. The molecule has 1 fully saturated rings. The predicted molar refractivity (Wildman–Crippen MR) is 78.1 cm³/mol. The molecule has 0 amide bonds. The van der Waals surface area contributed by atoms with Gasteiger partial charge in [0.25, 0.3) is 0 Å². The molecule has 0 bridgehead atoms. The Kier molecular flexibility index (Phi) is 3.63. The molecule has 0 aromatic carbocycles. The van der Waals surface area contributed by atoms with Gasteiger partial charge >= 0.3 is 5.97 Å². The largest absolute Gasteiger partial charge is 0.481 e. The van der Waals surface area contributed by atoms with Crippen LogP contribution in [-0.2, 0) is 11.3 Å². The number of imidazole rings is 1. The highest BCUT2D eigenvalue weighted by Crippen LogP contribution is 2.21. The SMILES string of the molecule is Cc1cc(C)n2cc(CN3CCC(CC(=O)O)C3)nc2n1. The summed E-state index contributed by atoms with van der Waals surface area (Å²) in [5.41, 5.74) is 3.09. The number of hydrogen-bond acceptors (Lipinski definition) is 4. The minimum atomic E-state index is -0.704. The van der Waals surface area contributed by atoms with Gasteiger partial charge < -0.3 is 5.11 Å². The molecule has 1 N–H and O–H groups in total. The van der Waals surface area contributed by atoms with E-state index in [0.29, 0.717) is 0 Å². The molecule has 1 atom stereocenters. The van der Waals surface area contributed by atoms with Crippen molar-refractivity contribution in [3.05, 3.63) is 29.3 Å². The Balaban J connectivity index is 1.71. The molecule has 0 radical (unpaired) electrons. The maximum Gasteiger partial charge on any atom is 0.303 e. The Morgan fingerprint density at radius 3 is 3.00 bits per heavy atom. The lowest BCUT2D eigenvalue weighted by molar-refractivity contribution is -0.138. The van der Waals surface area contributed by atoms with Gasteiger partial charge in [0.05, 0.1) is 5.69 Å². The fraction of sp³-hybridized carbons (Fsp3) is 0.533. The number of nitrogens with zero attached hydrogens (tertiary/aromatic N) is 4. The minimum Gasteiger partial charge on any atom is -0.481 e. The number of hydrogen-bond donors (Lipinski definition) is 1. The number of aryl methyl sites for hydroxylation is 2. The number of aliphatic carboxylic acids is 1. The first-order chi connectivity index (χ1) is 10.0. The number of aromatic nitrogens is 3. The van der Waals surface area contributed by atoms with Crippen LogP contribution in [0, 0.1) is 19.8 Å². The number of carboxylic acids is 1. The molecule has 21 heavy (non-hydrogen) atoms. The van der Waals surface area contributed by atoms with E-state index >= 15 is 0 Å². The van der Waals surface area contributed by atoms with Crippen LogP contribution in [0.4, 0.5) is 0 Å². The fourth-order valence-electron chi connectivity index (χ4n) is 3.09. The van der Waals surface area contributed by atoms with Crippen LogP contribution in [0.15, 0.2) is 12.3 Å². The highest BCUT2D eigenvalue weighted by Gasteiger charge is 2.25. The first-order valence-electron chi connectivity index (χ1n) is 7.27. The van der Waals surface area contributed by atoms with Crippen molar-refractivity contribution in [3.8, 4) is 0 Å². The maximum atomic E-state index is 10.8. The van der Waals surface area contributed by atoms with Crippen molar-refractivity contribution in [2.24, 2.45) is 5.92 Å². The number of carbonyl (C=O) groups is 1. The van der Waals surface area contributed by atoms with E-state index in [1.165, 1.54) is 0 Å². The lowest BCUT2D eigenvalue weighted by Gasteiger charge is -2.13. The summed E-state index contributed by atoms with van der Waals surface area (Å²) in [7, 11) is 0. The van der Waals surface area contributed by atoms with Crippen molar-refractivity contribution in [2.75, 3.05) is 13.1 Å². The first-order valence-corrected chi connectivity index (χ1v) is 7.27. The molecule has 6 nitrogen and oxygen atoms in total. The summed E-state index contributed by atoms with van der Waals surface area (Å²) in [6.45, 7) is 6.56. The van der Waals surface area contributed by atoms with Gasteiger partial charge in [0.2, 0.25) is 5.78 Å². The minimum absolute atomic E-state index is 0.265. The Morgan fingerprint density at radius 2 is 2.24 bits per heavy atom. The molecule has 1 saturated heterocycles. The first kappa shape index (κ1) is 14.0. The zero-order chi connectivity index (χ0) is 15.0. The normalized spacial score (nSPS) is 19.4. The molecular weight excluding hydrogens is 268 g/mol. The second-order valence-corrected chi connectivity index (χ2v) is 5.93. The summed E-state index contributed by atoms with van der Waals surface area (Å²) in [5, 5.41) is 8.86. The second kappa shape index (κ2) is 5.44. The summed E-state index contributed by atoms with van der Waals surface area (Å²) >= 11 is 0. The van der Waals surface area contributed by atoms with Crippen molar-refractivity contribution < 1.29 is 9.90 Å². The van der Waals surface area contributed by atoms with Crippen molar-refractivity contribution >= 4 is 11.7 Å². The van der Waals surface area contributed by atoms with Gasteiger partial charge in [0.15, 0.2) is 0 Å². The molecule has 1 unspecified atom stereocenters. The molecular formula is C15H20N4O2. The molecule has 3 rings (SSSR count). The van der Waals surface area contributed by atoms with Crippen molar-refractivity contribution in [1.29, 1.82) is 0 Å². The number of rotatable bonds is 4. The molecule has 0 aliphatic carbocycles. The van der Waals surface area contributed by atoms with Crippen molar-refractivity contribution in [3.63, 3.8) is 0 Å². The lowest BCUT2D eigenvalue weighted by atomic mass is 10.1. The van der Waals surface area contributed by atoms with Crippen LogP contribution < -0.4 is 0 Å². The van der Waals surface area contributed by atoms with Crippen molar-refractivity contribution in [1.82, 2.24) is 19.3 Å². The summed E-state index contributed by atoms with van der Waals surface area (Å²) < 4.78 is 2.01. The Bertz CT molecular complexity index is 680. The number of carboxylic acid groups (broad SMARTS) is 1. The molecule has 1 aliphatic rings. The molecule has 1 aliphatic heterocycles. The third-order valence-corrected chi connectivity index (χ3v) is 4.03. The maximum absolute atomic E-state index is 10.8. The molecule has 0 saturated carbocycles. The van der Waals surface area contributed by atoms with Gasteiger partial charge in [0.1, 0.15) is 0 Å². The van der Waals surface area contributed by atoms with Gasteiger partial charge in [-0.15, -0.1) is 0 Å². The van der Waals surface area contributed by atoms with Crippen LogP contribution in [0.25, 0.3) is 5.78 Å². The van der Waals surface area contributed by atoms with Gasteiger partial charge in [-0.1, -0.05) is 0 Å². The Morgan fingerprint density at radius 1 is 1.43 bits per heavy atom. The van der Waals surface area contributed by atoms with E-state index in [4.69, 9.17) is 5.11 Å². The highest BCUT2D eigenvalue weighted by atomic mass is 16.4. The van der Waals surface area contributed by atoms with E-state index in [1.54, 1.807) is 0 Å². The molecule has 6 heteroatoms. The average molecular weight is 288 g/mol. The van der Waals surface area contributed by atoms with Gasteiger partial charge in [-0.25, -0.2) is 9.97 Å². The molecule has 3 heterocycles. The van der Waals surface area contributed by atoms with Crippen LogP contribution in [0.5, 0.6) is 0 Å². The standard InChI is InChI=1S/C15H20N4O2/c1-10-5-11(2)19-9-13(17-15(19)16-10)8-18-4-3-12(7-18)6-14(20)21/h5,9,12H,3-4,6-8H2,1-2H3,(H,20,21). The topological polar surface area (TPSA) is 70.7 Å². The monoisotopic (exact) mass is 288 g/mol. The number of fused-ring (bicyclic) bond motifs is 1. The third kappa shape index (κ3) is 3.05. The predicted octanol–water partition coefficient (Wildman–Crippen LogP) is 1.64. The van der Waals surface area contributed by atoms with Crippen LogP contribution >= 0.6 is 0 Å². The summed E-state index contributed by atoms with van der Waals surface area (Å²) in [6.07, 6.45) is 3.25. The Hall–Kier alpha value is -1.95. The van der Waals surface area contributed by atoms with E-state index < -0.39 is 5.97 Å². The van der Waals surface area contributed by atoms with Crippen LogP contribution in [0.1, 0.15) is 29.9 Å². The van der Waals surface area contributed by atoms with E-state index in [2.05, 4.69) is 14.9 Å². The lowest BCUT2D eigenvalue weighted by Crippen LogP contribution is -2.21. The molecule has 112 valence electrons. The third-order valence-electron chi connectivity index (χ3n) is 4.03. The van der Waals surface area contributed by atoms with Gasteiger partial charge in [0, 0.05) is 37.1 Å². The Labute approximate surface area is 123 Å². The van der Waals surface area contributed by atoms with E-state index in [1.807, 2.05) is 30.5 Å². The number of likely N-dealkylation sites (tertiary alicyclic amines) is 1. The van der Waals surface area contributed by atoms with Crippen LogP contribution in [0.3, 0.4) is 0 Å².